The lowest BCUT2D eigenvalue weighted by Crippen LogP contribution is -2.44. The van der Waals surface area contributed by atoms with E-state index >= 15 is 0 Å². The Morgan fingerprint density at radius 3 is 2.72 bits per heavy atom. The first-order chi connectivity index (χ1) is 11.7. The summed E-state index contributed by atoms with van der Waals surface area (Å²) >= 11 is 1.23. The normalized spacial score (nSPS) is 44.7. The molecule has 140 valence electrons. The molecule has 9 heteroatoms. The molecule has 0 bridgehead atoms. The Hall–Kier alpha value is -0.660. The van der Waals surface area contributed by atoms with Crippen LogP contribution in [0.4, 0.5) is 0 Å². The van der Waals surface area contributed by atoms with Crippen LogP contribution in [-0.2, 0) is 27.9 Å². The van der Waals surface area contributed by atoms with E-state index in [1.807, 2.05) is 20.8 Å². The van der Waals surface area contributed by atoms with Crippen molar-refractivity contribution in [1.29, 1.82) is 0 Å². The van der Waals surface area contributed by atoms with Gasteiger partial charge in [-0.2, -0.15) is 0 Å². The highest BCUT2D eigenvalue weighted by molar-refractivity contribution is 8.55. The Kier molecular flexibility index (Phi) is 5.47. The number of hydrogen-bond donors (Lipinski definition) is 1. The summed E-state index contributed by atoms with van der Waals surface area (Å²) in [7, 11) is 0. The smallest absolute Gasteiger partial charge is 0.371 e. The largest absolute Gasteiger partial charge is 0.390 e. The zero-order valence-corrected chi connectivity index (χ0v) is 16.5. The van der Waals surface area contributed by atoms with Crippen molar-refractivity contribution in [1.82, 2.24) is 5.32 Å². The van der Waals surface area contributed by atoms with Crippen LogP contribution in [0.3, 0.4) is 0 Å². The summed E-state index contributed by atoms with van der Waals surface area (Å²) < 4.78 is 30.2. The molecule has 7 atom stereocenters. The van der Waals surface area contributed by atoms with Crippen LogP contribution < -0.4 is 5.32 Å². The maximum Gasteiger partial charge on any atom is 0.390 e. The minimum atomic E-state index is -3.22. The van der Waals surface area contributed by atoms with Crippen LogP contribution in [0.15, 0.2) is 11.6 Å². The van der Waals surface area contributed by atoms with Crippen molar-refractivity contribution in [3.8, 4) is 0 Å². The van der Waals surface area contributed by atoms with E-state index in [1.54, 1.807) is 13.0 Å². The third-order valence-electron chi connectivity index (χ3n) is 4.88. The van der Waals surface area contributed by atoms with Gasteiger partial charge in [-0.15, -0.1) is 0 Å². The summed E-state index contributed by atoms with van der Waals surface area (Å²) in [5.74, 6) is -1.28. The topological polar surface area (TPSA) is 90.9 Å². The van der Waals surface area contributed by atoms with Gasteiger partial charge in [0.05, 0.1) is 30.3 Å². The van der Waals surface area contributed by atoms with Crippen LogP contribution in [0.5, 0.6) is 0 Å². The van der Waals surface area contributed by atoms with Gasteiger partial charge >= 0.3 is 6.80 Å². The van der Waals surface area contributed by atoms with Crippen LogP contribution in [0.1, 0.15) is 40.5 Å². The standard InChI is InChI=1S/C16H24NO6PS/c1-5-12-14(23-24(20)22-9(3)10(4)25-24)7-13(21-12)11-6-8(2)15(18)17-16(11)19/h6,9-14H,5,7H2,1-4H3,(H,17,18,19)/t9?,10?,11-,12-,13?,14+,24?/m1/s1. The summed E-state index contributed by atoms with van der Waals surface area (Å²) in [4.78, 5) is 23.7. The third kappa shape index (κ3) is 3.88. The van der Waals surface area contributed by atoms with Crippen molar-refractivity contribution < 1.29 is 27.9 Å². The van der Waals surface area contributed by atoms with Crippen molar-refractivity contribution in [3.05, 3.63) is 11.6 Å². The maximum absolute atomic E-state index is 12.8. The second-order valence-corrected chi connectivity index (χ2v) is 11.0. The summed E-state index contributed by atoms with van der Waals surface area (Å²) in [6.07, 6.45) is 1.56. The van der Waals surface area contributed by atoms with Crippen molar-refractivity contribution >= 4 is 30.0 Å². The molecule has 3 aliphatic rings. The van der Waals surface area contributed by atoms with E-state index in [4.69, 9.17) is 13.8 Å². The third-order valence-corrected chi connectivity index (χ3v) is 9.26. The molecule has 0 radical (unpaired) electrons. The predicted molar refractivity (Wildman–Crippen MR) is 94.0 cm³/mol. The quantitative estimate of drug-likeness (QED) is 0.584. The molecule has 3 rings (SSSR count). The molecule has 3 aliphatic heterocycles. The molecule has 0 aromatic heterocycles. The van der Waals surface area contributed by atoms with Crippen LogP contribution in [0.2, 0.25) is 0 Å². The van der Waals surface area contributed by atoms with E-state index in [2.05, 4.69) is 5.32 Å². The average molecular weight is 389 g/mol. The van der Waals surface area contributed by atoms with Crippen LogP contribution in [-0.4, -0.2) is 41.5 Å². The molecule has 0 aliphatic carbocycles. The molecule has 4 unspecified atom stereocenters. The predicted octanol–water partition coefficient (Wildman–Crippen LogP) is 2.81. The molecule has 0 aromatic rings. The number of imide groups is 1. The van der Waals surface area contributed by atoms with Gasteiger partial charge in [-0.3, -0.25) is 24.0 Å². The molecule has 0 spiro atoms. The Morgan fingerprint density at radius 1 is 1.40 bits per heavy atom. The van der Waals surface area contributed by atoms with Gasteiger partial charge in [0.25, 0.3) is 5.91 Å². The molecule has 0 aromatic carbocycles. The van der Waals surface area contributed by atoms with Crippen LogP contribution in [0.25, 0.3) is 0 Å². The fourth-order valence-electron chi connectivity index (χ4n) is 3.26. The van der Waals surface area contributed by atoms with Gasteiger partial charge in [0.15, 0.2) is 0 Å². The molecular formula is C16H24NO6PS. The second kappa shape index (κ2) is 7.16. The summed E-state index contributed by atoms with van der Waals surface area (Å²) in [5, 5.41) is 2.45. The van der Waals surface area contributed by atoms with Crippen LogP contribution in [0, 0.1) is 5.92 Å². The van der Waals surface area contributed by atoms with Gasteiger partial charge in [0.1, 0.15) is 0 Å². The molecule has 2 amide bonds. The molecule has 3 heterocycles. The van der Waals surface area contributed by atoms with Gasteiger partial charge < -0.3 is 4.74 Å². The highest BCUT2D eigenvalue weighted by atomic mass is 32.7. The molecule has 2 fully saturated rings. The van der Waals surface area contributed by atoms with Gasteiger partial charge in [-0.25, -0.2) is 4.57 Å². The first-order valence-corrected chi connectivity index (χ1v) is 11.6. The number of rotatable bonds is 4. The Bertz CT molecular complexity index is 639. The highest BCUT2D eigenvalue weighted by Gasteiger charge is 2.48. The molecule has 0 saturated carbocycles. The summed E-state index contributed by atoms with van der Waals surface area (Å²) in [6.45, 7) is 4.24. The fourth-order valence-corrected chi connectivity index (χ4v) is 8.04. The van der Waals surface area contributed by atoms with E-state index in [-0.39, 0.29) is 29.3 Å². The van der Waals surface area contributed by atoms with Gasteiger partial charge in [-0.1, -0.05) is 19.9 Å². The zero-order valence-electron chi connectivity index (χ0n) is 14.8. The minimum absolute atomic E-state index is 0.102. The lowest BCUT2D eigenvalue weighted by Gasteiger charge is -2.23. The number of carbonyl (C=O) groups is 2. The first kappa shape index (κ1) is 19.1. The Labute approximate surface area is 151 Å². The lowest BCUT2D eigenvalue weighted by atomic mass is 9.92. The number of carbonyl (C=O) groups excluding carboxylic acids is 2. The van der Waals surface area contributed by atoms with Crippen molar-refractivity contribution in [2.45, 2.75) is 70.2 Å². The minimum Gasteiger partial charge on any atom is -0.371 e. The van der Waals surface area contributed by atoms with Gasteiger partial charge in [-0.05, 0) is 31.7 Å². The fraction of sp³-hybridized carbons (Fsp3) is 0.750. The van der Waals surface area contributed by atoms with Crippen molar-refractivity contribution in [2.24, 2.45) is 5.92 Å². The molecule has 2 saturated heterocycles. The van der Waals surface area contributed by atoms with E-state index in [0.29, 0.717) is 18.4 Å². The molecule has 25 heavy (non-hydrogen) atoms. The lowest BCUT2D eigenvalue weighted by molar-refractivity contribution is -0.134. The number of nitrogens with one attached hydrogen (secondary N) is 1. The highest BCUT2D eigenvalue weighted by Crippen LogP contribution is 2.70. The number of hydrogen-bond acceptors (Lipinski definition) is 7. The second-order valence-electron chi connectivity index (χ2n) is 6.76. The molecular weight excluding hydrogens is 365 g/mol. The monoisotopic (exact) mass is 389 g/mol. The van der Waals surface area contributed by atoms with E-state index in [0.717, 1.165) is 0 Å². The van der Waals surface area contributed by atoms with Crippen molar-refractivity contribution in [3.63, 3.8) is 0 Å². The maximum atomic E-state index is 12.8. The Morgan fingerprint density at radius 2 is 2.12 bits per heavy atom. The molecule has 1 N–H and O–H groups in total. The first-order valence-electron chi connectivity index (χ1n) is 8.56. The number of ether oxygens (including phenoxy) is 1. The SMILES string of the molecule is CC[C@H]1OC([C@H]2C=C(C)C(=O)NC2=O)C[C@@H]1OP1(=O)OC(C)C(C)S1. The van der Waals surface area contributed by atoms with Gasteiger partial charge in [0.2, 0.25) is 5.91 Å². The van der Waals surface area contributed by atoms with Crippen LogP contribution >= 0.6 is 18.2 Å². The Balaban J connectivity index is 1.72. The van der Waals surface area contributed by atoms with Crippen molar-refractivity contribution in [2.75, 3.05) is 0 Å². The number of amides is 2. The van der Waals surface area contributed by atoms with E-state index in [1.165, 1.54) is 11.4 Å². The van der Waals surface area contributed by atoms with E-state index in [9.17, 15) is 14.2 Å². The summed E-state index contributed by atoms with van der Waals surface area (Å²) in [5.41, 5.74) is 0.496. The average Bonchev–Trinajstić information content (AvgIpc) is 3.03. The van der Waals surface area contributed by atoms with Gasteiger partial charge in [0, 0.05) is 17.2 Å². The zero-order chi connectivity index (χ0) is 18.4. The molecule has 7 nitrogen and oxygen atoms in total. The summed E-state index contributed by atoms with van der Waals surface area (Å²) in [6, 6.07) is 0. The van der Waals surface area contributed by atoms with E-state index < -0.39 is 24.9 Å².